The summed E-state index contributed by atoms with van der Waals surface area (Å²) in [5.41, 5.74) is 0. The first-order chi connectivity index (χ1) is 8.70. The average molecular weight is 250 g/mol. The first-order valence-electron chi connectivity index (χ1n) is 7.29. The van der Waals surface area contributed by atoms with E-state index in [1.54, 1.807) is 0 Å². The molecule has 2 fully saturated rings. The zero-order valence-electron chi connectivity index (χ0n) is 11.0. The van der Waals surface area contributed by atoms with Crippen molar-refractivity contribution in [3.63, 3.8) is 0 Å². The zero-order valence-corrected chi connectivity index (χ0v) is 11.0. The zero-order chi connectivity index (χ0) is 13.0. The Bertz CT molecular complexity index is 316. The highest BCUT2D eigenvalue weighted by molar-refractivity contribution is 6.22. The van der Waals surface area contributed by atoms with E-state index in [0.29, 0.717) is 12.8 Å². The Labute approximate surface area is 108 Å². The highest BCUT2D eigenvalue weighted by Crippen LogP contribution is 2.29. The van der Waals surface area contributed by atoms with Crippen molar-refractivity contribution in [2.24, 2.45) is 11.8 Å². The van der Waals surface area contributed by atoms with Crippen LogP contribution in [-0.4, -0.2) is 17.3 Å². The van der Waals surface area contributed by atoms with Crippen molar-refractivity contribution in [1.82, 2.24) is 0 Å². The highest BCUT2D eigenvalue weighted by atomic mass is 16.2. The summed E-state index contributed by atoms with van der Waals surface area (Å²) in [5.74, 6) is -1.26. The predicted octanol–water partition coefficient (Wildman–Crippen LogP) is 2.85. The lowest BCUT2D eigenvalue weighted by molar-refractivity contribution is -0.146. The average Bonchev–Trinajstić information content (AvgIpc) is 2.32. The maximum absolute atomic E-state index is 12.2. The van der Waals surface area contributed by atoms with Crippen LogP contribution < -0.4 is 0 Å². The predicted molar refractivity (Wildman–Crippen MR) is 68.2 cm³/mol. The van der Waals surface area contributed by atoms with Crippen LogP contribution in [0.5, 0.6) is 0 Å². The van der Waals surface area contributed by atoms with Gasteiger partial charge in [0.1, 0.15) is 0 Å². The van der Waals surface area contributed by atoms with Gasteiger partial charge in [-0.1, -0.05) is 44.9 Å². The quantitative estimate of drug-likeness (QED) is 0.621. The molecule has 0 radical (unpaired) electrons. The summed E-state index contributed by atoms with van der Waals surface area (Å²) in [7, 11) is 0. The number of Topliss-reactive ketones (excluding diaryl/α,β-unsaturated/α-hetero) is 3. The van der Waals surface area contributed by atoms with Gasteiger partial charge in [-0.3, -0.25) is 14.4 Å². The lowest BCUT2D eigenvalue weighted by Crippen LogP contribution is -2.41. The normalized spacial score (nSPS) is 31.7. The van der Waals surface area contributed by atoms with Crippen molar-refractivity contribution in [1.29, 1.82) is 0 Å². The minimum absolute atomic E-state index is 0.00106. The number of hydrogen-bond donors (Lipinski definition) is 0. The van der Waals surface area contributed by atoms with E-state index in [9.17, 15) is 14.4 Å². The largest absolute Gasteiger partial charge is 0.298 e. The van der Waals surface area contributed by atoms with Gasteiger partial charge in [0.25, 0.3) is 0 Å². The Hall–Kier alpha value is -0.990. The maximum atomic E-state index is 12.2. The third kappa shape index (κ3) is 3.06. The Morgan fingerprint density at radius 1 is 0.611 bits per heavy atom. The molecule has 2 atom stereocenters. The van der Waals surface area contributed by atoms with Crippen LogP contribution in [0.25, 0.3) is 0 Å². The minimum Gasteiger partial charge on any atom is -0.298 e. The molecule has 0 aromatic carbocycles. The number of carbonyl (C=O) groups excluding carboxylic acids is 3. The summed E-state index contributed by atoms with van der Waals surface area (Å²) >= 11 is 0. The number of fused-ring (bicyclic) bond motifs is 2. The molecule has 2 unspecified atom stereocenters. The van der Waals surface area contributed by atoms with Gasteiger partial charge < -0.3 is 0 Å². The summed E-state index contributed by atoms with van der Waals surface area (Å²) < 4.78 is 0. The van der Waals surface area contributed by atoms with Gasteiger partial charge in [0.15, 0.2) is 17.3 Å². The summed E-state index contributed by atoms with van der Waals surface area (Å²) in [6.07, 6.45) is 9.10. The maximum Gasteiger partial charge on any atom is 0.153 e. The first-order valence-corrected chi connectivity index (χ1v) is 7.29. The van der Waals surface area contributed by atoms with Gasteiger partial charge in [-0.2, -0.15) is 0 Å². The molecule has 0 aromatic heterocycles. The number of ketones is 3. The fourth-order valence-corrected chi connectivity index (χ4v) is 3.17. The lowest BCUT2D eigenvalue weighted by Gasteiger charge is -2.26. The molecule has 0 aromatic rings. The molecule has 0 saturated heterocycles. The third-order valence-electron chi connectivity index (χ3n) is 4.30. The van der Waals surface area contributed by atoms with Gasteiger partial charge >= 0.3 is 0 Å². The molecular formula is C15H22O3. The molecule has 18 heavy (non-hydrogen) atoms. The SMILES string of the molecule is O=C1CC(=O)C2CCCCCCCCCC1C2=O. The molecule has 0 spiro atoms. The molecule has 0 aliphatic heterocycles. The summed E-state index contributed by atoms with van der Waals surface area (Å²) in [6, 6.07) is 0. The summed E-state index contributed by atoms with van der Waals surface area (Å²) in [5, 5.41) is 0. The highest BCUT2D eigenvalue weighted by Gasteiger charge is 2.41. The Morgan fingerprint density at radius 3 is 1.44 bits per heavy atom. The second-order valence-electron chi connectivity index (χ2n) is 5.67. The smallest absolute Gasteiger partial charge is 0.153 e. The van der Waals surface area contributed by atoms with Gasteiger partial charge in [-0.05, 0) is 12.8 Å². The topological polar surface area (TPSA) is 51.2 Å². The van der Waals surface area contributed by atoms with Crippen LogP contribution in [-0.2, 0) is 14.4 Å². The van der Waals surface area contributed by atoms with E-state index in [4.69, 9.17) is 0 Å². The van der Waals surface area contributed by atoms with Crippen LogP contribution >= 0.6 is 0 Å². The molecular weight excluding hydrogens is 228 g/mol. The number of hydrogen-bond acceptors (Lipinski definition) is 3. The van der Waals surface area contributed by atoms with Crippen molar-refractivity contribution in [3.8, 4) is 0 Å². The molecule has 0 heterocycles. The molecule has 2 aliphatic carbocycles. The van der Waals surface area contributed by atoms with E-state index in [1.807, 2.05) is 0 Å². The Kier molecular flexibility index (Phi) is 4.67. The lowest BCUT2D eigenvalue weighted by atomic mass is 9.74. The van der Waals surface area contributed by atoms with E-state index < -0.39 is 11.8 Å². The van der Waals surface area contributed by atoms with Gasteiger partial charge in [0.2, 0.25) is 0 Å². The monoisotopic (exact) mass is 250 g/mol. The molecule has 0 N–H and O–H groups in total. The van der Waals surface area contributed by atoms with Crippen molar-refractivity contribution in [2.45, 2.75) is 64.2 Å². The van der Waals surface area contributed by atoms with Crippen LogP contribution in [0.2, 0.25) is 0 Å². The molecule has 3 nitrogen and oxygen atoms in total. The molecule has 100 valence electrons. The fourth-order valence-electron chi connectivity index (χ4n) is 3.17. The van der Waals surface area contributed by atoms with Crippen molar-refractivity contribution >= 4 is 17.3 Å². The van der Waals surface area contributed by atoms with Crippen LogP contribution in [0.1, 0.15) is 64.2 Å². The Balaban J connectivity index is 2.08. The van der Waals surface area contributed by atoms with Crippen molar-refractivity contribution in [2.75, 3.05) is 0 Å². The second-order valence-corrected chi connectivity index (χ2v) is 5.67. The molecule has 3 heteroatoms. The van der Waals surface area contributed by atoms with E-state index in [-0.39, 0.29) is 23.8 Å². The van der Waals surface area contributed by atoms with Crippen molar-refractivity contribution in [3.05, 3.63) is 0 Å². The van der Waals surface area contributed by atoms with Gasteiger partial charge in [0, 0.05) is 0 Å². The summed E-state index contributed by atoms with van der Waals surface area (Å²) in [4.78, 5) is 35.8. The van der Waals surface area contributed by atoms with Crippen LogP contribution in [0.3, 0.4) is 0 Å². The van der Waals surface area contributed by atoms with Gasteiger partial charge in [-0.15, -0.1) is 0 Å². The summed E-state index contributed by atoms with van der Waals surface area (Å²) in [6.45, 7) is 0. The van der Waals surface area contributed by atoms with Crippen LogP contribution in [0.15, 0.2) is 0 Å². The van der Waals surface area contributed by atoms with Crippen LogP contribution in [0, 0.1) is 11.8 Å². The standard InChI is InChI=1S/C15H22O3/c16-13-10-14(17)12-9-7-5-3-1-2-4-6-8-11(13)15(12)18/h11-12H,1-10H2. The van der Waals surface area contributed by atoms with Crippen molar-refractivity contribution < 1.29 is 14.4 Å². The molecule has 2 saturated carbocycles. The van der Waals surface area contributed by atoms with E-state index in [2.05, 4.69) is 0 Å². The number of carbonyl (C=O) groups is 3. The first kappa shape index (κ1) is 13.4. The Morgan fingerprint density at radius 2 is 1.00 bits per heavy atom. The van der Waals surface area contributed by atoms with Gasteiger partial charge in [-0.25, -0.2) is 0 Å². The van der Waals surface area contributed by atoms with E-state index in [1.165, 1.54) is 19.3 Å². The molecule has 2 rings (SSSR count). The minimum atomic E-state index is -0.466. The molecule has 2 aliphatic rings. The fraction of sp³-hybridized carbons (Fsp3) is 0.800. The van der Waals surface area contributed by atoms with E-state index in [0.717, 1.165) is 25.7 Å². The third-order valence-corrected chi connectivity index (χ3v) is 4.30. The molecule has 0 amide bonds. The van der Waals surface area contributed by atoms with E-state index >= 15 is 0 Å². The molecule has 2 bridgehead atoms. The van der Waals surface area contributed by atoms with Crippen LogP contribution in [0.4, 0.5) is 0 Å². The van der Waals surface area contributed by atoms with Gasteiger partial charge in [0.05, 0.1) is 18.3 Å². The second kappa shape index (κ2) is 6.26. The number of rotatable bonds is 0.